The molecule has 1 heterocycles. The molecule has 0 bridgehead atoms. The number of carboxylic acid groups (broad SMARTS) is 1. The number of hydrogen-bond acceptors (Lipinski definition) is 11. The van der Waals surface area contributed by atoms with Crippen molar-refractivity contribution in [2.45, 2.75) is 250 Å². The standard InChI is InChI=1S/C69H106O12/c1-4-7-10-13-16-19-22-25-27-29-31-33-35-38-40-43-46-49-52-55-61(70)77-58-60(79-62(71)56-53-50-47-44-41-37-24-21-18-15-12-9-6-3)59-78-69-67(65(74)64(73)66(81-69)68(75)76)80-63(72)57-54-51-48-45-42-39-36-34-32-30-28-26-23-20-17-14-11-8-5-2/h8-9,11-12,16-21,25-28,31-34,37,39,41-42,47,50,60,64-67,69,73-74H,4-7,10,13-15,22-24,29-30,35-36,38,40,43-46,48-49,51-59H2,1-3H3,(H,75,76)/b11-8-,12-9-,19-16-,20-17-,21-18-,27-25-,28-26-,33-31-,34-32-,41-37-,42-39-,50-47-. The number of hydrogen-bond donors (Lipinski definition) is 3. The summed E-state index contributed by atoms with van der Waals surface area (Å²) in [5.41, 5.74) is 0. The van der Waals surface area contributed by atoms with Crippen LogP contribution in [0.5, 0.6) is 0 Å². The Morgan fingerprint density at radius 3 is 1.25 bits per heavy atom. The summed E-state index contributed by atoms with van der Waals surface area (Å²) in [6.45, 7) is 5.64. The highest BCUT2D eigenvalue weighted by molar-refractivity contribution is 5.74. The Bertz CT molecular complexity index is 1960. The highest BCUT2D eigenvalue weighted by atomic mass is 16.7. The van der Waals surface area contributed by atoms with Crippen LogP contribution < -0.4 is 0 Å². The lowest BCUT2D eigenvalue weighted by molar-refractivity contribution is -0.301. The zero-order valence-corrected chi connectivity index (χ0v) is 50.0. The number of carbonyl (C=O) groups is 4. The molecule has 6 unspecified atom stereocenters. The molecule has 454 valence electrons. The third-order valence-corrected chi connectivity index (χ3v) is 12.9. The van der Waals surface area contributed by atoms with Gasteiger partial charge in [-0.1, -0.05) is 212 Å². The van der Waals surface area contributed by atoms with Gasteiger partial charge in [0.05, 0.1) is 6.61 Å². The summed E-state index contributed by atoms with van der Waals surface area (Å²) < 4.78 is 28.3. The Morgan fingerprint density at radius 1 is 0.420 bits per heavy atom. The quantitative estimate of drug-likeness (QED) is 0.0228. The maximum Gasteiger partial charge on any atom is 0.335 e. The van der Waals surface area contributed by atoms with Crippen LogP contribution in [0, 0.1) is 0 Å². The molecule has 0 spiro atoms. The van der Waals surface area contributed by atoms with Crippen molar-refractivity contribution in [3.05, 3.63) is 146 Å². The number of carboxylic acids is 1. The van der Waals surface area contributed by atoms with Crippen molar-refractivity contribution in [1.29, 1.82) is 0 Å². The van der Waals surface area contributed by atoms with E-state index >= 15 is 0 Å². The van der Waals surface area contributed by atoms with E-state index in [0.29, 0.717) is 25.7 Å². The third kappa shape index (κ3) is 44.9. The molecule has 0 aromatic heterocycles. The smallest absolute Gasteiger partial charge is 0.335 e. The van der Waals surface area contributed by atoms with Gasteiger partial charge in [-0.05, 0) is 128 Å². The topological polar surface area (TPSA) is 175 Å². The van der Waals surface area contributed by atoms with Crippen LogP contribution in [-0.4, -0.2) is 89.2 Å². The Morgan fingerprint density at radius 2 is 0.802 bits per heavy atom. The van der Waals surface area contributed by atoms with Gasteiger partial charge in [-0.15, -0.1) is 0 Å². The third-order valence-electron chi connectivity index (χ3n) is 12.9. The summed E-state index contributed by atoms with van der Waals surface area (Å²) in [4.78, 5) is 51.2. The monoisotopic (exact) mass is 1130 g/mol. The van der Waals surface area contributed by atoms with Gasteiger partial charge in [0, 0.05) is 19.3 Å². The number of aliphatic carboxylic acids is 1. The molecule has 0 saturated carbocycles. The van der Waals surface area contributed by atoms with E-state index in [9.17, 15) is 34.5 Å². The maximum absolute atomic E-state index is 13.1. The predicted octanol–water partition coefficient (Wildman–Crippen LogP) is 16.3. The lowest BCUT2D eigenvalue weighted by atomic mass is 9.98. The van der Waals surface area contributed by atoms with E-state index in [2.05, 4.69) is 154 Å². The van der Waals surface area contributed by atoms with Gasteiger partial charge in [0.1, 0.15) is 18.8 Å². The van der Waals surface area contributed by atoms with E-state index < -0.39 is 67.3 Å². The first-order valence-corrected chi connectivity index (χ1v) is 30.8. The summed E-state index contributed by atoms with van der Waals surface area (Å²) in [7, 11) is 0. The summed E-state index contributed by atoms with van der Waals surface area (Å²) in [5.74, 6) is -3.31. The molecule has 0 radical (unpaired) electrons. The fourth-order valence-corrected chi connectivity index (χ4v) is 8.24. The normalized spacial score (nSPS) is 18.8. The van der Waals surface area contributed by atoms with Crippen LogP contribution in [0.25, 0.3) is 0 Å². The molecule has 0 aromatic rings. The van der Waals surface area contributed by atoms with Crippen molar-refractivity contribution in [2.24, 2.45) is 0 Å². The van der Waals surface area contributed by atoms with Gasteiger partial charge in [-0.25, -0.2) is 4.79 Å². The average Bonchev–Trinajstić information content (AvgIpc) is 3.54. The van der Waals surface area contributed by atoms with E-state index in [0.717, 1.165) is 122 Å². The van der Waals surface area contributed by atoms with Crippen molar-refractivity contribution in [3.63, 3.8) is 0 Å². The second-order valence-electron chi connectivity index (χ2n) is 20.2. The number of esters is 3. The molecule has 1 rings (SSSR count). The number of allylic oxidation sites excluding steroid dienone is 24. The average molecular weight is 1130 g/mol. The molecule has 1 saturated heterocycles. The van der Waals surface area contributed by atoms with Crippen LogP contribution in [-0.2, 0) is 42.9 Å². The molecule has 6 atom stereocenters. The molecule has 3 N–H and O–H groups in total. The molecular weight excluding hydrogens is 1020 g/mol. The highest BCUT2D eigenvalue weighted by Crippen LogP contribution is 2.26. The SMILES string of the molecule is CC/C=C\C/C=C\C/C=C\C/C=C\C/C=C\CCCCCC(=O)OC1C(OCC(COC(=O)CCCCCCCC/C=C\C/C=C\C/C=C\CCCCC)OC(=O)CC/C=C\C/C=C\C/C=C\C/C=C\CC)OC(C(=O)O)C(O)C1O. The first-order chi connectivity index (χ1) is 39.6. The predicted molar refractivity (Wildman–Crippen MR) is 330 cm³/mol. The fraction of sp³-hybridized carbons (Fsp3) is 0.594. The number of aliphatic hydroxyl groups is 2. The molecule has 81 heavy (non-hydrogen) atoms. The number of carbonyl (C=O) groups excluding carboxylic acids is 3. The fourth-order valence-electron chi connectivity index (χ4n) is 8.24. The highest BCUT2D eigenvalue weighted by Gasteiger charge is 2.50. The Kier molecular flexibility index (Phi) is 50.1. The Labute approximate surface area is 489 Å². The number of rotatable bonds is 50. The second-order valence-corrected chi connectivity index (χ2v) is 20.2. The zero-order valence-electron chi connectivity index (χ0n) is 50.0. The van der Waals surface area contributed by atoms with Crippen molar-refractivity contribution < 1.29 is 58.2 Å². The Balaban J connectivity index is 2.73. The maximum atomic E-state index is 13.1. The summed E-state index contributed by atoms with van der Waals surface area (Å²) in [5, 5.41) is 31.5. The molecule has 0 amide bonds. The number of unbranched alkanes of at least 4 members (excludes halogenated alkanes) is 12. The van der Waals surface area contributed by atoms with Crippen LogP contribution in [0.3, 0.4) is 0 Å². The number of aliphatic hydroxyl groups excluding tert-OH is 2. The van der Waals surface area contributed by atoms with E-state index in [1.165, 1.54) is 25.7 Å². The summed E-state index contributed by atoms with van der Waals surface area (Å²) in [6, 6.07) is 0. The molecule has 12 nitrogen and oxygen atoms in total. The van der Waals surface area contributed by atoms with Gasteiger partial charge in [0.15, 0.2) is 24.6 Å². The minimum atomic E-state index is -1.94. The van der Waals surface area contributed by atoms with Crippen molar-refractivity contribution >= 4 is 23.9 Å². The molecule has 1 aliphatic heterocycles. The van der Waals surface area contributed by atoms with Gasteiger partial charge < -0.3 is 39.0 Å². The lowest BCUT2D eigenvalue weighted by Crippen LogP contribution is -2.61. The zero-order chi connectivity index (χ0) is 58.9. The van der Waals surface area contributed by atoms with Crippen LogP contribution in [0.2, 0.25) is 0 Å². The molecule has 0 aromatic carbocycles. The minimum absolute atomic E-state index is 0.00334. The molecule has 12 heteroatoms. The summed E-state index contributed by atoms with van der Waals surface area (Å²) in [6.07, 6.45) is 66.8. The van der Waals surface area contributed by atoms with Gasteiger partial charge >= 0.3 is 23.9 Å². The Hall–Kier alpha value is -5.40. The minimum Gasteiger partial charge on any atom is -0.479 e. The van der Waals surface area contributed by atoms with Gasteiger partial charge in [0.25, 0.3) is 0 Å². The van der Waals surface area contributed by atoms with Crippen LogP contribution in [0.1, 0.15) is 213 Å². The lowest BCUT2D eigenvalue weighted by Gasteiger charge is -2.40. The first kappa shape index (κ1) is 73.6. The van der Waals surface area contributed by atoms with Crippen molar-refractivity contribution in [1.82, 2.24) is 0 Å². The van der Waals surface area contributed by atoms with Crippen molar-refractivity contribution in [2.75, 3.05) is 13.2 Å². The largest absolute Gasteiger partial charge is 0.479 e. The molecule has 1 fully saturated rings. The van der Waals surface area contributed by atoms with Gasteiger partial charge in [-0.3, -0.25) is 14.4 Å². The van der Waals surface area contributed by atoms with Crippen molar-refractivity contribution in [3.8, 4) is 0 Å². The molecular formula is C69H106O12. The number of ether oxygens (including phenoxy) is 5. The second kappa shape index (κ2) is 55.2. The van der Waals surface area contributed by atoms with Crippen LogP contribution in [0.4, 0.5) is 0 Å². The summed E-state index contributed by atoms with van der Waals surface area (Å²) >= 11 is 0. The van der Waals surface area contributed by atoms with E-state index in [-0.39, 0.29) is 25.9 Å². The van der Waals surface area contributed by atoms with E-state index in [1.54, 1.807) is 0 Å². The first-order valence-electron chi connectivity index (χ1n) is 30.8. The van der Waals surface area contributed by atoms with E-state index in [1.807, 2.05) is 12.2 Å². The molecule has 0 aliphatic carbocycles. The van der Waals surface area contributed by atoms with E-state index in [4.69, 9.17) is 23.7 Å². The van der Waals surface area contributed by atoms with Gasteiger partial charge in [0.2, 0.25) is 0 Å². The molecule has 1 aliphatic rings. The van der Waals surface area contributed by atoms with Crippen LogP contribution in [0.15, 0.2) is 146 Å². The van der Waals surface area contributed by atoms with Crippen LogP contribution >= 0.6 is 0 Å². The van der Waals surface area contributed by atoms with Gasteiger partial charge in [-0.2, -0.15) is 0 Å².